The maximum atomic E-state index is 12.6. The Morgan fingerprint density at radius 3 is 2.91 bits per heavy atom. The predicted octanol–water partition coefficient (Wildman–Crippen LogP) is 5.04. The van der Waals surface area contributed by atoms with Crippen LogP contribution in [0.4, 0.5) is 5.00 Å². The summed E-state index contributed by atoms with van der Waals surface area (Å²) in [5, 5.41) is 22.4. The van der Waals surface area contributed by atoms with Crippen molar-refractivity contribution in [1.29, 1.82) is 5.26 Å². The van der Waals surface area contributed by atoms with Crippen molar-refractivity contribution >= 4 is 34.0 Å². The van der Waals surface area contributed by atoms with E-state index in [4.69, 9.17) is 4.74 Å². The lowest BCUT2D eigenvalue weighted by Gasteiger charge is -2.11. The Kier molecular flexibility index (Phi) is 7.36. The molecule has 0 saturated carbocycles. The molecule has 0 radical (unpaired) electrons. The van der Waals surface area contributed by atoms with Gasteiger partial charge in [0.2, 0.25) is 5.91 Å². The number of nitriles is 1. The van der Waals surface area contributed by atoms with Gasteiger partial charge in [-0.3, -0.25) is 4.79 Å². The first-order chi connectivity index (χ1) is 16.0. The zero-order valence-electron chi connectivity index (χ0n) is 19.1. The normalized spacial score (nSPS) is 12.8. The molecule has 1 amide bonds. The fourth-order valence-corrected chi connectivity index (χ4v) is 6.00. The number of ether oxygens (including phenoxy) is 1. The minimum absolute atomic E-state index is 0.145. The second-order valence-corrected chi connectivity index (χ2v) is 10.1. The molecule has 2 heterocycles. The number of amides is 1. The zero-order valence-corrected chi connectivity index (χ0v) is 20.7. The van der Waals surface area contributed by atoms with Crippen LogP contribution in [-0.4, -0.2) is 26.4 Å². The fourth-order valence-electron chi connectivity index (χ4n) is 3.92. The minimum atomic E-state index is -0.145. The van der Waals surface area contributed by atoms with Crippen molar-refractivity contribution in [3.63, 3.8) is 0 Å². The number of anilines is 1. The third-order valence-corrected chi connectivity index (χ3v) is 7.85. The molecule has 0 unspecified atom stereocenters. The van der Waals surface area contributed by atoms with Crippen LogP contribution >= 0.6 is 23.1 Å². The van der Waals surface area contributed by atoms with Crippen molar-refractivity contribution in [2.75, 3.05) is 11.1 Å². The third-order valence-electron chi connectivity index (χ3n) is 5.68. The van der Waals surface area contributed by atoms with E-state index >= 15 is 0 Å². The number of aromatic nitrogens is 3. The molecule has 1 N–H and O–H groups in total. The molecule has 0 bridgehead atoms. The van der Waals surface area contributed by atoms with Crippen LogP contribution in [0.5, 0.6) is 5.75 Å². The molecular formula is C24H27N5O2S2. The molecule has 7 nitrogen and oxygen atoms in total. The monoisotopic (exact) mass is 481 g/mol. The third kappa shape index (κ3) is 5.23. The van der Waals surface area contributed by atoms with Crippen LogP contribution in [0.1, 0.15) is 52.7 Å². The molecule has 4 rings (SSSR count). The maximum absolute atomic E-state index is 12.6. The number of thioether (sulfide) groups is 1. The number of fused-ring (bicyclic) bond motifs is 1. The number of carbonyl (C=O) groups excluding carboxylic acids is 1. The van der Waals surface area contributed by atoms with Crippen LogP contribution in [0.3, 0.4) is 0 Å². The van der Waals surface area contributed by atoms with Crippen LogP contribution in [0, 0.1) is 25.2 Å². The quantitative estimate of drug-likeness (QED) is 0.453. The van der Waals surface area contributed by atoms with E-state index in [1.165, 1.54) is 16.6 Å². The van der Waals surface area contributed by atoms with E-state index in [1.807, 2.05) is 37.5 Å². The highest BCUT2D eigenvalue weighted by Crippen LogP contribution is 2.37. The second-order valence-electron chi connectivity index (χ2n) is 8.06. The second kappa shape index (κ2) is 10.4. The Balaban J connectivity index is 1.38. The lowest BCUT2D eigenvalue weighted by atomic mass is 9.96. The van der Waals surface area contributed by atoms with Gasteiger partial charge < -0.3 is 14.6 Å². The van der Waals surface area contributed by atoms with Crippen molar-refractivity contribution in [3.05, 3.63) is 51.2 Å². The van der Waals surface area contributed by atoms with Crippen LogP contribution in [-0.2, 0) is 30.8 Å². The molecule has 0 atom stereocenters. The lowest BCUT2D eigenvalue weighted by Crippen LogP contribution is -2.15. The molecule has 0 spiro atoms. The average molecular weight is 482 g/mol. The summed E-state index contributed by atoms with van der Waals surface area (Å²) in [6, 6.07) is 8.40. The van der Waals surface area contributed by atoms with Gasteiger partial charge in [-0.2, -0.15) is 5.26 Å². The topological polar surface area (TPSA) is 92.8 Å². The summed E-state index contributed by atoms with van der Waals surface area (Å²) >= 11 is 2.88. The van der Waals surface area contributed by atoms with Gasteiger partial charge in [0.05, 0.1) is 11.3 Å². The summed E-state index contributed by atoms with van der Waals surface area (Å²) in [5.74, 6) is 1.61. The first kappa shape index (κ1) is 23.3. The number of nitrogens with one attached hydrogen (secondary N) is 1. The predicted molar refractivity (Wildman–Crippen MR) is 131 cm³/mol. The van der Waals surface area contributed by atoms with Crippen LogP contribution in [0.15, 0.2) is 23.4 Å². The molecule has 0 saturated heterocycles. The van der Waals surface area contributed by atoms with Crippen LogP contribution < -0.4 is 10.1 Å². The lowest BCUT2D eigenvalue weighted by molar-refractivity contribution is -0.113. The number of aryl methyl sites for hydroxylation is 3. The highest BCUT2D eigenvalue weighted by atomic mass is 32.2. The fraction of sp³-hybridized carbons (Fsp3) is 0.417. The van der Waals surface area contributed by atoms with E-state index in [1.54, 1.807) is 11.3 Å². The SMILES string of the molecule is CCn1c(COc2cc(C)ccc2C)nnc1SCC(=O)Nc1sc2c(c1C#N)CCCC2. The Bertz CT molecular complexity index is 1210. The number of benzene rings is 1. The van der Waals surface area contributed by atoms with Gasteiger partial charge in [-0.1, -0.05) is 23.9 Å². The highest BCUT2D eigenvalue weighted by Gasteiger charge is 2.22. The van der Waals surface area contributed by atoms with Gasteiger partial charge in [0.25, 0.3) is 0 Å². The van der Waals surface area contributed by atoms with Gasteiger partial charge in [-0.15, -0.1) is 21.5 Å². The molecule has 1 aliphatic rings. The molecule has 9 heteroatoms. The Morgan fingerprint density at radius 1 is 1.30 bits per heavy atom. The summed E-state index contributed by atoms with van der Waals surface area (Å²) < 4.78 is 7.95. The number of rotatable bonds is 8. The molecule has 1 aliphatic carbocycles. The molecule has 2 aromatic heterocycles. The van der Waals surface area contributed by atoms with Crippen LogP contribution in [0.25, 0.3) is 0 Å². The van der Waals surface area contributed by atoms with E-state index in [-0.39, 0.29) is 11.7 Å². The molecule has 0 aliphatic heterocycles. The molecular weight excluding hydrogens is 454 g/mol. The van der Waals surface area contributed by atoms with Gasteiger partial charge in [-0.25, -0.2) is 0 Å². The summed E-state index contributed by atoms with van der Waals surface area (Å²) in [4.78, 5) is 13.9. The maximum Gasteiger partial charge on any atom is 0.235 e. The summed E-state index contributed by atoms with van der Waals surface area (Å²) in [6.45, 7) is 7.06. The number of thiophene rings is 1. The molecule has 1 aromatic carbocycles. The number of nitrogens with zero attached hydrogens (tertiary/aromatic N) is 4. The van der Waals surface area contributed by atoms with E-state index < -0.39 is 0 Å². The number of hydrogen-bond acceptors (Lipinski definition) is 7. The van der Waals surface area contributed by atoms with E-state index in [2.05, 4.69) is 27.6 Å². The molecule has 33 heavy (non-hydrogen) atoms. The Morgan fingerprint density at radius 2 is 2.12 bits per heavy atom. The van der Waals surface area contributed by atoms with Crippen LogP contribution in [0.2, 0.25) is 0 Å². The van der Waals surface area contributed by atoms with Gasteiger partial charge in [0, 0.05) is 11.4 Å². The Labute approximate surface area is 202 Å². The minimum Gasteiger partial charge on any atom is -0.485 e. The van der Waals surface area contributed by atoms with Gasteiger partial charge in [-0.05, 0) is 69.2 Å². The van der Waals surface area contributed by atoms with E-state index in [9.17, 15) is 10.1 Å². The van der Waals surface area contributed by atoms with E-state index in [0.29, 0.717) is 28.9 Å². The van der Waals surface area contributed by atoms with E-state index in [0.717, 1.165) is 53.9 Å². The average Bonchev–Trinajstić information content (AvgIpc) is 3.37. The first-order valence-corrected chi connectivity index (χ1v) is 12.9. The number of carbonyl (C=O) groups is 1. The van der Waals surface area contributed by atoms with Crippen molar-refractivity contribution in [1.82, 2.24) is 14.8 Å². The van der Waals surface area contributed by atoms with Crippen molar-refractivity contribution in [2.24, 2.45) is 0 Å². The molecule has 0 fully saturated rings. The summed E-state index contributed by atoms with van der Waals surface area (Å²) in [5.41, 5.74) is 3.97. The van der Waals surface area contributed by atoms with Gasteiger partial charge in [0.1, 0.15) is 23.4 Å². The van der Waals surface area contributed by atoms with Gasteiger partial charge in [0.15, 0.2) is 11.0 Å². The standard InChI is InChI=1S/C24H27N5O2S2/c1-4-29-21(13-31-19-11-15(2)9-10-16(19)3)27-28-24(29)32-14-22(30)26-23-18(12-25)17-7-5-6-8-20(17)33-23/h9-11H,4-8,13-14H2,1-3H3,(H,26,30). The number of hydrogen-bond donors (Lipinski definition) is 1. The largest absolute Gasteiger partial charge is 0.485 e. The van der Waals surface area contributed by atoms with Crippen molar-refractivity contribution < 1.29 is 9.53 Å². The molecule has 172 valence electrons. The smallest absolute Gasteiger partial charge is 0.235 e. The Hall–Kier alpha value is -2.83. The zero-order chi connectivity index (χ0) is 23.4. The highest BCUT2D eigenvalue weighted by molar-refractivity contribution is 7.99. The van der Waals surface area contributed by atoms with Crippen molar-refractivity contribution in [3.8, 4) is 11.8 Å². The first-order valence-electron chi connectivity index (χ1n) is 11.1. The summed E-state index contributed by atoms with van der Waals surface area (Å²) in [6.07, 6.45) is 4.16. The molecule has 3 aromatic rings. The summed E-state index contributed by atoms with van der Waals surface area (Å²) in [7, 11) is 0. The van der Waals surface area contributed by atoms with Crippen molar-refractivity contribution in [2.45, 2.75) is 64.8 Å². The van der Waals surface area contributed by atoms with Gasteiger partial charge >= 0.3 is 0 Å².